The van der Waals surface area contributed by atoms with Gasteiger partial charge in [0.2, 0.25) is 0 Å². The number of carbonyl (C=O) groups excluding carboxylic acids is 2. The van der Waals surface area contributed by atoms with E-state index in [0.29, 0.717) is 5.02 Å². The first-order valence-electron chi connectivity index (χ1n) is 7.33. The summed E-state index contributed by atoms with van der Waals surface area (Å²) in [4.78, 5) is 24.0. The third kappa shape index (κ3) is 4.33. The molecule has 0 radical (unpaired) electrons. The number of esters is 1. The molecular formula is C18H18ClNO3. The van der Waals surface area contributed by atoms with E-state index in [0.717, 1.165) is 23.2 Å². The molecule has 2 aromatic carbocycles. The Balaban J connectivity index is 1.99. The van der Waals surface area contributed by atoms with Gasteiger partial charge in [0.05, 0.1) is 10.6 Å². The minimum atomic E-state index is -0.619. The Kier molecular flexibility index (Phi) is 5.77. The Labute approximate surface area is 140 Å². The van der Waals surface area contributed by atoms with E-state index in [1.165, 1.54) is 0 Å². The van der Waals surface area contributed by atoms with E-state index < -0.39 is 5.97 Å². The van der Waals surface area contributed by atoms with Gasteiger partial charge in [-0.2, -0.15) is 0 Å². The van der Waals surface area contributed by atoms with Crippen molar-refractivity contribution in [1.82, 2.24) is 0 Å². The molecule has 0 aliphatic heterocycles. The SMILES string of the molecule is CCc1cccc(C)c1NC(=O)COC(=O)c1ccccc1Cl. The van der Waals surface area contributed by atoms with Crippen LogP contribution >= 0.6 is 11.6 Å². The van der Waals surface area contributed by atoms with Gasteiger partial charge in [0.15, 0.2) is 6.61 Å². The summed E-state index contributed by atoms with van der Waals surface area (Å²) in [6.45, 7) is 3.58. The van der Waals surface area contributed by atoms with Gasteiger partial charge in [0, 0.05) is 5.69 Å². The van der Waals surface area contributed by atoms with Crippen molar-refractivity contribution in [3.8, 4) is 0 Å². The van der Waals surface area contributed by atoms with Gasteiger partial charge in [-0.1, -0.05) is 48.9 Å². The fourth-order valence-corrected chi connectivity index (χ4v) is 2.43. The number of rotatable bonds is 5. The lowest BCUT2D eigenvalue weighted by Crippen LogP contribution is -2.22. The number of amides is 1. The van der Waals surface area contributed by atoms with E-state index in [2.05, 4.69) is 5.32 Å². The zero-order valence-corrected chi connectivity index (χ0v) is 13.8. The maximum Gasteiger partial charge on any atom is 0.340 e. The van der Waals surface area contributed by atoms with Crippen LogP contribution in [-0.2, 0) is 16.0 Å². The highest BCUT2D eigenvalue weighted by Crippen LogP contribution is 2.21. The molecule has 2 aromatic rings. The predicted octanol–water partition coefficient (Wildman–Crippen LogP) is 4.01. The van der Waals surface area contributed by atoms with E-state index in [4.69, 9.17) is 16.3 Å². The summed E-state index contributed by atoms with van der Waals surface area (Å²) in [5, 5.41) is 3.10. The fraction of sp³-hybridized carbons (Fsp3) is 0.222. The minimum Gasteiger partial charge on any atom is -0.452 e. The topological polar surface area (TPSA) is 55.4 Å². The summed E-state index contributed by atoms with van der Waals surface area (Å²) in [7, 11) is 0. The summed E-state index contributed by atoms with van der Waals surface area (Å²) >= 11 is 5.92. The van der Waals surface area contributed by atoms with Crippen LogP contribution in [0.25, 0.3) is 0 Å². The normalized spacial score (nSPS) is 10.2. The molecule has 4 nitrogen and oxygen atoms in total. The number of nitrogens with one attached hydrogen (secondary N) is 1. The van der Waals surface area contributed by atoms with Crippen LogP contribution in [0.5, 0.6) is 0 Å². The second-order valence-electron chi connectivity index (χ2n) is 5.07. The van der Waals surface area contributed by atoms with E-state index in [-0.39, 0.29) is 18.1 Å². The first kappa shape index (κ1) is 17.0. The third-order valence-electron chi connectivity index (χ3n) is 3.43. The quantitative estimate of drug-likeness (QED) is 0.842. The van der Waals surface area contributed by atoms with Gasteiger partial charge >= 0.3 is 5.97 Å². The smallest absolute Gasteiger partial charge is 0.340 e. The molecule has 5 heteroatoms. The van der Waals surface area contributed by atoms with Gasteiger partial charge in [0.1, 0.15) is 0 Å². The fourth-order valence-electron chi connectivity index (χ4n) is 2.21. The number of ether oxygens (including phenoxy) is 1. The summed E-state index contributed by atoms with van der Waals surface area (Å²) in [6, 6.07) is 12.4. The van der Waals surface area contributed by atoms with Crippen LogP contribution in [0, 0.1) is 6.92 Å². The Hall–Kier alpha value is -2.33. The van der Waals surface area contributed by atoms with Gasteiger partial charge in [-0.05, 0) is 36.6 Å². The Morgan fingerprint density at radius 3 is 2.57 bits per heavy atom. The molecule has 0 fully saturated rings. The lowest BCUT2D eigenvalue weighted by Gasteiger charge is -2.13. The zero-order valence-electron chi connectivity index (χ0n) is 13.1. The van der Waals surface area contributed by atoms with E-state index in [1.807, 2.05) is 32.0 Å². The van der Waals surface area contributed by atoms with Crippen molar-refractivity contribution in [2.24, 2.45) is 0 Å². The first-order valence-corrected chi connectivity index (χ1v) is 7.70. The number of halogens is 1. The molecule has 0 heterocycles. The second kappa shape index (κ2) is 7.79. The standard InChI is InChI=1S/C18H18ClNO3/c1-3-13-8-6-7-12(2)17(13)20-16(21)11-23-18(22)14-9-4-5-10-15(14)19/h4-10H,3,11H2,1-2H3,(H,20,21). The molecule has 0 unspecified atom stereocenters. The Bertz CT molecular complexity index is 728. The lowest BCUT2D eigenvalue weighted by molar-refractivity contribution is -0.119. The summed E-state index contributed by atoms with van der Waals surface area (Å²) in [5.74, 6) is -0.999. The molecule has 23 heavy (non-hydrogen) atoms. The van der Waals surface area contributed by atoms with Crippen LogP contribution in [0.15, 0.2) is 42.5 Å². The summed E-state index contributed by atoms with van der Waals surface area (Å²) in [6.07, 6.45) is 0.802. The van der Waals surface area contributed by atoms with Crippen molar-refractivity contribution >= 4 is 29.2 Å². The van der Waals surface area contributed by atoms with Crippen molar-refractivity contribution in [3.05, 3.63) is 64.2 Å². The molecular weight excluding hydrogens is 314 g/mol. The molecule has 0 atom stereocenters. The van der Waals surface area contributed by atoms with Crippen molar-refractivity contribution in [2.75, 3.05) is 11.9 Å². The molecule has 2 rings (SSSR count). The van der Waals surface area contributed by atoms with E-state index in [9.17, 15) is 9.59 Å². The van der Waals surface area contributed by atoms with Gasteiger partial charge in [-0.3, -0.25) is 4.79 Å². The molecule has 0 saturated heterocycles. The summed E-state index contributed by atoms with van der Waals surface area (Å²) in [5.41, 5.74) is 3.02. The van der Waals surface area contributed by atoms with Crippen molar-refractivity contribution < 1.29 is 14.3 Å². The van der Waals surface area contributed by atoms with Gasteiger partial charge in [-0.15, -0.1) is 0 Å². The molecule has 0 aliphatic rings. The zero-order chi connectivity index (χ0) is 16.8. The van der Waals surface area contributed by atoms with E-state index in [1.54, 1.807) is 24.3 Å². The molecule has 1 N–H and O–H groups in total. The molecule has 0 saturated carbocycles. The van der Waals surface area contributed by atoms with Crippen LogP contribution in [0.2, 0.25) is 5.02 Å². The Morgan fingerprint density at radius 1 is 1.13 bits per heavy atom. The monoisotopic (exact) mass is 331 g/mol. The number of benzene rings is 2. The van der Waals surface area contributed by atoms with Crippen molar-refractivity contribution in [2.45, 2.75) is 20.3 Å². The van der Waals surface area contributed by atoms with Gasteiger partial charge < -0.3 is 10.1 Å². The first-order chi connectivity index (χ1) is 11.0. The van der Waals surface area contributed by atoms with Crippen molar-refractivity contribution in [3.63, 3.8) is 0 Å². The molecule has 0 aromatic heterocycles. The number of carbonyl (C=O) groups is 2. The number of hydrogen-bond acceptors (Lipinski definition) is 3. The highest BCUT2D eigenvalue weighted by molar-refractivity contribution is 6.33. The average molecular weight is 332 g/mol. The molecule has 0 bridgehead atoms. The molecule has 0 aliphatic carbocycles. The van der Waals surface area contributed by atoms with Crippen LogP contribution < -0.4 is 5.32 Å². The van der Waals surface area contributed by atoms with Crippen LogP contribution in [-0.4, -0.2) is 18.5 Å². The Morgan fingerprint density at radius 2 is 1.87 bits per heavy atom. The molecule has 120 valence electrons. The van der Waals surface area contributed by atoms with Gasteiger partial charge in [-0.25, -0.2) is 4.79 Å². The molecule has 0 spiro atoms. The highest BCUT2D eigenvalue weighted by Gasteiger charge is 2.14. The third-order valence-corrected chi connectivity index (χ3v) is 3.76. The number of hydrogen-bond donors (Lipinski definition) is 1. The number of anilines is 1. The number of aryl methyl sites for hydroxylation is 2. The predicted molar refractivity (Wildman–Crippen MR) is 90.9 cm³/mol. The maximum atomic E-state index is 12.0. The van der Waals surface area contributed by atoms with Crippen LogP contribution in [0.1, 0.15) is 28.4 Å². The largest absolute Gasteiger partial charge is 0.452 e. The molecule has 1 amide bonds. The lowest BCUT2D eigenvalue weighted by atomic mass is 10.1. The highest BCUT2D eigenvalue weighted by atomic mass is 35.5. The second-order valence-corrected chi connectivity index (χ2v) is 5.47. The van der Waals surface area contributed by atoms with Crippen LogP contribution in [0.3, 0.4) is 0 Å². The minimum absolute atomic E-state index is 0.243. The van der Waals surface area contributed by atoms with E-state index >= 15 is 0 Å². The summed E-state index contributed by atoms with van der Waals surface area (Å²) < 4.78 is 5.02. The number of para-hydroxylation sites is 1. The average Bonchev–Trinajstić information content (AvgIpc) is 2.55. The van der Waals surface area contributed by atoms with Crippen LogP contribution in [0.4, 0.5) is 5.69 Å². The maximum absolute atomic E-state index is 12.0. The van der Waals surface area contributed by atoms with Gasteiger partial charge in [0.25, 0.3) is 5.91 Å². The van der Waals surface area contributed by atoms with Crippen molar-refractivity contribution in [1.29, 1.82) is 0 Å².